The van der Waals surface area contributed by atoms with Gasteiger partial charge in [0.2, 0.25) is 5.91 Å². The largest absolute Gasteiger partial charge is 0.394 e. The van der Waals surface area contributed by atoms with E-state index >= 15 is 0 Å². The molecule has 0 fully saturated rings. The van der Waals surface area contributed by atoms with Crippen LogP contribution in [0.4, 0.5) is 8.78 Å². The van der Waals surface area contributed by atoms with Crippen molar-refractivity contribution in [2.75, 3.05) is 6.61 Å². The van der Waals surface area contributed by atoms with Crippen molar-refractivity contribution in [2.24, 2.45) is 5.41 Å². The van der Waals surface area contributed by atoms with Crippen molar-refractivity contribution in [1.29, 1.82) is 0 Å². The molecule has 1 amide bonds. The van der Waals surface area contributed by atoms with Crippen LogP contribution in [0.5, 0.6) is 0 Å². The fraction of sp³-hybridized carbons (Fsp3) is 0.588. The number of hydrogen-bond donors (Lipinski definition) is 2. The number of aliphatic hydroxyl groups is 1. The number of nitrogens with one attached hydrogen (secondary N) is 1. The van der Waals surface area contributed by atoms with Crippen molar-refractivity contribution < 1.29 is 18.7 Å². The van der Waals surface area contributed by atoms with Crippen LogP contribution in [0.15, 0.2) is 18.2 Å². The summed E-state index contributed by atoms with van der Waals surface area (Å²) in [4.78, 5) is 11.9. The molecule has 1 rings (SSSR count). The first-order chi connectivity index (χ1) is 10.2. The molecule has 0 aromatic heterocycles. The molecule has 0 heterocycles. The van der Waals surface area contributed by atoms with Crippen molar-refractivity contribution in [3.8, 4) is 0 Å². The van der Waals surface area contributed by atoms with E-state index in [0.29, 0.717) is 31.2 Å². The van der Waals surface area contributed by atoms with E-state index in [1.54, 1.807) is 0 Å². The lowest BCUT2D eigenvalue weighted by atomic mass is 9.88. The van der Waals surface area contributed by atoms with Crippen molar-refractivity contribution in [2.45, 2.75) is 52.5 Å². The number of aliphatic hydroxyl groups excluding tert-OH is 1. The van der Waals surface area contributed by atoms with Crippen LogP contribution in [0, 0.1) is 17.0 Å². The van der Waals surface area contributed by atoms with Crippen molar-refractivity contribution in [3.05, 3.63) is 35.4 Å². The van der Waals surface area contributed by atoms with E-state index < -0.39 is 11.6 Å². The Labute approximate surface area is 130 Å². The first-order valence-electron chi connectivity index (χ1n) is 7.55. The Hall–Kier alpha value is -1.49. The third kappa shape index (κ3) is 6.98. The lowest BCUT2D eigenvalue weighted by Gasteiger charge is -2.25. The van der Waals surface area contributed by atoms with Crippen LogP contribution in [0.2, 0.25) is 0 Å². The Balaban J connectivity index is 2.37. The molecule has 0 aliphatic rings. The zero-order chi connectivity index (χ0) is 16.8. The van der Waals surface area contributed by atoms with Gasteiger partial charge in [-0.2, -0.15) is 0 Å². The van der Waals surface area contributed by atoms with Crippen LogP contribution in [-0.2, 0) is 11.2 Å². The van der Waals surface area contributed by atoms with Gasteiger partial charge in [0, 0.05) is 6.42 Å². The lowest BCUT2D eigenvalue weighted by molar-refractivity contribution is -0.122. The third-order valence-corrected chi connectivity index (χ3v) is 3.30. The second-order valence-corrected chi connectivity index (χ2v) is 6.81. The van der Waals surface area contributed by atoms with Gasteiger partial charge in [0.05, 0.1) is 12.6 Å². The highest BCUT2D eigenvalue weighted by molar-refractivity contribution is 5.76. The zero-order valence-corrected chi connectivity index (χ0v) is 13.5. The van der Waals surface area contributed by atoms with Gasteiger partial charge < -0.3 is 10.4 Å². The maximum Gasteiger partial charge on any atom is 0.220 e. The predicted octanol–water partition coefficient (Wildman–Crippen LogP) is 3.20. The monoisotopic (exact) mass is 313 g/mol. The van der Waals surface area contributed by atoms with Crippen LogP contribution in [0.25, 0.3) is 0 Å². The summed E-state index contributed by atoms with van der Waals surface area (Å²) in [6, 6.07) is 3.52. The van der Waals surface area contributed by atoms with Gasteiger partial charge in [0.1, 0.15) is 0 Å². The number of hydrogen-bond acceptors (Lipinski definition) is 2. The summed E-state index contributed by atoms with van der Waals surface area (Å²) in [6.07, 6.45) is 2.04. The smallest absolute Gasteiger partial charge is 0.220 e. The minimum atomic E-state index is -0.868. The highest BCUT2D eigenvalue weighted by Crippen LogP contribution is 2.20. The summed E-state index contributed by atoms with van der Waals surface area (Å²) in [5.74, 6) is -1.87. The van der Waals surface area contributed by atoms with E-state index in [2.05, 4.69) is 5.32 Å². The van der Waals surface area contributed by atoms with Gasteiger partial charge in [-0.15, -0.1) is 0 Å². The predicted molar refractivity (Wildman–Crippen MR) is 82.4 cm³/mol. The molecule has 0 radical (unpaired) electrons. The Morgan fingerprint density at radius 1 is 1.27 bits per heavy atom. The van der Waals surface area contributed by atoms with Gasteiger partial charge in [-0.1, -0.05) is 26.8 Å². The Kier molecular flexibility index (Phi) is 6.94. The topological polar surface area (TPSA) is 49.3 Å². The third-order valence-electron chi connectivity index (χ3n) is 3.30. The number of carbonyl (C=O) groups is 1. The zero-order valence-electron chi connectivity index (χ0n) is 13.5. The van der Waals surface area contributed by atoms with Crippen LogP contribution in [-0.4, -0.2) is 23.7 Å². The number of benzene rings is 1. The second kappa shape index (κ2) is 8.22. The summed E-state index contributed by atoms with van der Waals surface area (Å²) < 4.78 is 25.9. The quantitative estimate of drug-likeness (QED) is 0.812. The SMILES string of the molecule is CC(C)(C)CC(CO)NC(=O)CCCc1ccc(F)c(F)c1. The molecule has 1 aromatic carbocycles. The number of carbonyl (C=O) groups excluding carboxylic acids is 1. The molecular formula is C17H25F2NO2. The molecule has 0 saturated carbocycles. The van der Waals surface area contributed by atoms with E-state index in [1.165, 1.54) is 6.07 Å². The maximum atomic E-state index is 13.1. The van der Waals surface area contributed by atoms with E-state index in [1.807, 2.05) is 20.8 Å². The van der Waals surface area contributed by atoms with Crippen molar-refractivity contribution >= 4 is 5.91 Å². The van der Waals surface area contributed by atoms with Gasteiger partial charge in [-0.25, -0.2) is 8.78 Å². The minimum absolute atomic E-state index is 0.0202. The first-order valence-corrected chi connectivity index (χ1v) is 7.55. The lowest BCUT2D eigenvalue weighted by Crippen LogP contribution is -2.39. The van der Waals surface area contributed by atoms with Gasteiger partial charge in [-0.3, -0.25) is 4.79 Å². The summed E-state index contributed by atoms with van der Waals surface area (Å²) in [5, 5.41) is 12.1. The fourth-order valence-corrected chi connectivity index (χ4v) is 2.35. The standard InChI is InChI=1S/C17H25F2NO2/c1-17(2,3)10-13(11-21)20-16(22)6-4-5-12-7-8-14(18)15(19)9-12/h7-9,13,21H,4-6,10-11H2,1-3H3,(H,20,22). The highest BCUT2D eigenvalue weighted by atomic mass is 19.2. The van der Waals surface area contributed by atoms with Crippen LogP contribution in [0.3, 0.4) is 0 Å². The molecule has 0 bridgehead atoms. The van der Waals surface area contributed by atoms with E-state index in [4.69, 9.17) is 0 Å². The van der Waals surface area contributed by atoms with Gasteiger partial charge in [-0.05, 0) is 42.4 Å². The average Bonchev–Trinajstić information content (AvgIpc) is 2.40. The number of rotatable bonds is 7. The molecule has 0 aliphatic carbocycles. The Bertz CT molecular complexity index is 498. The van der Waals surface area contributed by atoms with Gasteiger partial charge in [0.25, 0.3) is 0 Å². The normalized spacial score (nSPS) is 13.0. The molecule has 5 heteroatoms. The van der Waals surface area contributed by atoms with E-state index in [9.17, 15) is 18.7 Å². The fourth-order valence-electron chi connectivity index (χ4n) is 2.35. The van der Waals surface area contributed by atoms with E-state index in [-0.39, 0.29) is 24.0 Å². The molecule has 0 spiro atoms. The van der Waals surface area contributed by atoms with Crippen LogP contribution < -0.4 is 5.32 Å². The van der Waals surface area contributed by atoms with Crippen LogP contribution in [0.1, 0.15) is 45.6 Å². The number of amides is 1. The minimum Gasteiger partial charge on any atom is -0.394 e. The van der Waals surface area contributed by atoms with Gasteiger partial charge in [0.15, 0.2) is 11.6 Å². The van der Waals surface area contributed by atoms with Crippen LogP contribution >= 0.6 is 0 Å². The maximum absolute atomic E-state index is 13.1. The molecule has 2 N–H and O–H groups in total. The Morgan fingerprint density at radius 3 is 2.50 bits per heavy atom. The molecule has 0 aliphatic heterocycles. The summed E-state index contributed by atoms with van der Waals surface area (Å²) in [5.41, 5.74) is 0.687. The number of halogens is 2. The molecule has 1 atom stereocenters. The molecule has 1 unspecified atom stereocenters. The average molecular weight is 313 g/mol. The molecule has 1 aromatic rings. The van der Waals surface area contributed by atoms with Gasteiger partial charge >= 0.3 is 0 Å². The molecule has 22 heavy (non-hydrogen) atoms. The van der Waals surface area contributed by atoms with E-state index in [0.717, 1.165) is 12.1 Å². The summed E-state index contributed by atoms with van der Waals surface area (Å²) in [7, 11) is 0. The molecule has 0 saturated heterocycles. The summed E-state index contributed by atoms with van der Waals surface area (Å²) >= 11 is 0. The van der Waals surface area contributed by atoms with Crippen molar-refractivity contribution in [3.63, 3.8) is 0 Å². The first kappa shape index (κ1) is 18.6. The molecular weight excluding hydrogens is 288 g/mol. The number of aryl methyl sites for hydroxylation is 1. The molecule has 124 valence electrons. The molecule has 3 nitrogen and oxygen atoms in total. The summed E-state index contributed by atoms with van der Waals surface area (Å²) in [6.45, 7) is 6.05. The second-order valence-electron chi connectivity index (χ2n) is 6.81. The highest BCUT2D eigenvalue weighted by Gasteiger charge is 2.19. The van der Waals surface area contributed by atoms with Crippen molar-refractivity contribution in [1.82, 2.24) is 5.32 Å². The Morgan fingerprint density at radius 2 is 1.95 bits per heavy atom.